The Kier molecular flexibility index (Phi) is 8.93. The van der Waals surface area contributed by atoms with E-state index in [1.165, 1.54) is 11.0 Å². The number of para-hydroxylation sites is 1. The van der Waals surface area contributed by atoms with Crippen molar-refractivity contribution < 1.29 is 36.7 Å². The van der Waals surface area contributed by atoms with E-state index in [1.54, 1.807) is 6.07 Å². The van der Waals surface area contributed by atoms with E-state index < -0.39 is 40.8 Å². The third-order valence-electron chi connectivity index (χ3n) is 7.06. The van der Waals surface area contributed by atoms with Crippen LogP contribution in [0.15, 0.2) is 78.9 Å². The van der Waals surface area contributed by atoms with Crippen LogP contribution in [0.1, 0.15) is 32.0 Å². The number of nitrogens with zero attached hydrogens (tertiary/aromatic N) is 3. The molecule has 0 unspecified atom stereocenters. The van der Waals surface area contributed by atoms with Gasteiger partial charge in [-0.3, -0.25) is 19.5 Å². The highest BCUT2D eigenvalue weighted by molar-refractivity contribution is 5.97. The van der Waals surface area contributed by atoms with Gasteiger partial charge < -0.3 is 19.9 Å². The molecule has 13 heteroatoms. The van der Waals surface area contributed by atoms with Gasteiger partial charge in [0.25, 0.3) is 11.8 Å². The Labute approximate surface area is 249 Å². The predicted octanol–water partition coefficient (Wildman–Crippen LogP) is 4.53. The maximum Gasteiger partial charge on any atom is 0.417 e. The number of nitrogens with one attached hydrogen (secondary N) is 2. The minimum Gasteiger partial charge on any atom is -0.488 e. The highest BCUT2D eigenvalue weighted by atomic mass is 19.4. The quantitative estimate of drug-likeness (QED) is 0.286. The molecule has 0 radical (unpaired) electrons. The molecule has 0 aliphatic carbocycles. The number of carbonyl (C=O) groups excluding carboxylic acids is 3. The fraction of sp³-hybridized carbons (Fsp3) is 0.226. The maximum absolute atomic E-state index is 13.7. The summed E-state index contributed by atoms with van der Waals surface area (Å²) in [7, 11) is 0. The van der Waals surface area contributed by atoms with E-state index in [0.717, 1.165) is 10.5 Å². The Bertz CT molecular complexity index is 1650. The van der Waals surface area contributed by atoms with Crippen LogP contribution in [0.2, 0.25) is 0 Å². The maximum atomic E-state index is 13.7. The minimum atomic E-state index is -4.83. The highest BCUT2D eigenvalue weighted by Crippen LogP contribution is 2.33. The third kappa shape index (κ3) is 7.05. The van der Waals surface area contributed by atoms with Gasteiger partial charge in [0.05, 0.1) is 23.4 Å². The minimum absolute atomic E-state index is 0.0328. The van der Waals surface area contributed by atoms with Crippen LogP contribution in [-0.2, 0) is 17.6 Å². The number of H-pyrrole nitrogens is 1. The topological polar surface area (TPSA) is 108 Å². The van der Waals surface area contributed by atoms with Crippen molar-refractivity contribution in [1.29, 1.82) is 0 Å². The zero-order chi connectivity index (χ0) is 31.3. The molecule has 1 aromatic heterocycles. The Hall–Kier alpha value is -5.20. The largest absolute Gasteiger partial charge is 0.488 e. The number of aromatic nitrogens is 2. The molecule has 0 bridgehead atoms. The molecular formula is C31H27F4N5O4. The summed E-state index contributed by atoms with van der Waals surface area (Å²) in [5, 5.41) is 9.42. The molecule has 1 saturated heterocycles. The summed E-state index contributed by atoms with van der Waals surface area (Å²) in [6.07, 6.45) is -4.83. The van der Waals surface area contributed by atoms with Gasteiger partial charge in [0, 0.05) is 31.7 Å². The van der Waals surface area contributed by atoms with Crippen LogP contribution >= 0.6 is 0 Å². The number of carbonyl (C=O) groups is 3. The van der Waals surface area contributed by atoms with Crippen molar-refractivity contribution in [3.05, 3.63) is 107 Å². The molecule has 3 aromatic carbocycles. The normalized spacial score (nSPS) is 13.5. The lowest BCUT2D eigenvalue weighted by Crippen LogP contribution is -2.52. The number of halogens is 4. The first-order valence-electron chi connectivity index (χ1n) is 13.6. The Balaban J connectivity index is 1.14. The second kappa shape index (κ2) is 13.0. The first kappa shape index (κ1) is 30.3. The molecule has 2 N–H and O–H groups in total. The number of aromatic amines is 1. The number of alkyl halides is 3. The van der Waals surface area contributed by atoms with Gasteiger partial charge in [-0.1, -0.05) is 42.5 Å². The number of amides is 3. The molecule has 0 atom stereocenters. The van der Waals surface area contributed by atoms with Gasteiger partial charge in [-0.05, 0) is 42.0 Å². The molecule has 9 nitrogen and oxygen atoms in total. The van der Waals surface area contributed by atoms with E-state index in [1.807, 2.05) is 48.5 Å². The van der Waals surface area contributed by atoms with Gasteiger partial charge in [0.1, 0.15) is 23.9 Å². The van der Waals surface area contributed by atoms with Crippen LogP contribution in [0.5, 0.6) is 5.75 Å². The van der Waals surface area contributed by atoms with E-state index in [2.05, 4.69) is 15.5 Å². The van der Waals surface area contributed by atoms with Gasteiger partial charge in [0.15, 0.2) is 0 Å². The predicted molar refractivity (Wildman–Crippen MR) is 151 cm³/mol. The standard InChI is InChI=1S/C31H27F4N5O4/c32-21-10-11-24(31(33,34)35)23(16-21)30(43)40-14-12-39(13-15-40)28(41)18-36-29(42)26-17-25(37-38-26)22-8-4-5-9-27(22)44-19-20-6-2-1-3-7-20/h1-11,16-17H,12-15,18-19H2,(H,36,42)(H,37,38). The summed E-state index contributed by atoms with van der Waals surface area (Å²) < 4.78 is 59.7. The lowest BCUT2D eigenvalue weighted by Gasteiger charge is -2.35. The Morgan fingerprint density at radius 2 is 1.57 bits per heavy atom. The Morgan fingerprint density at radius 1 is 0.886 bits per heavy atom. The molecule has 2 heterocycles. The molecule has 228 valence electrons. The SMILES string of the molecule is O=C(NCC(=O)N1CCN(C(=O)c2cc(F)ccc2C(F)(F)F)CC1)c1cc(-c2ccccc2OCc2ccccc2)n[nH]1. The summed E-state index contributed by atoms with van der Waals surface area (Å²) in [4.78, 5) is 40.8. The molecule has 3 amide bonds. The van der Waals surface area contributed by atoms with E-state index in [4.69, 9.17) is 4.74 Å². The van der Waals surface area contributed by atoms with Gasteiger partial charge in [-0.2, -0.15) is 18.3 Å². The van der Waals surface area contributed by atoms with Crippen LogP contribution in [0, 0.1) is 5.82 Å². The zero-order valence-corrected chi connectivity index (χ0v) is 23.2. The van der Waals surface area contributed by atoms with Crippen LogP contribution < -0.4 is 10.1 Å². The van der Waals surface area contributed by atoms with E-state index in [0.29, 0.717) is 41.8 Å². The number of hydrogen-bond acceptors (Lipinski definition) is 5. The van der Waals surface area contributed by atoms with Gasteiger partial charge in [-0.25, -0.2) is 4.39 Å². The van der Waals surface area contributed by atoms with Gasteiger partial charge >= 0.3 is 6.18 Å². The number of rotatable bonds is 8. The lowest BCUT2D eigenvalue weighted by atomic mass is 10.0. The first-order chi connectivity index (χ1) is 21.1. The van der Waals surface area contributed by atoms with Crippen molar-refractivity contribution in [3.8, 4) is 17.0 Å². The smallest absolute Gasteiger partial charge is 0.417 e. The third-order valence-corrected chi connectivity index (χ3v) is 7.06. The number of ether oxygens (including phenoxy) is 1. The number of piperazine rings is 1. The van der Waals surface area contributed by atoms with Crippen molar-refractivity contribution in [3.63, 3.8) is 0 Å². The average Bonchev–Trinajstić information content (AvgIpc) is 3.53. The molecule has 5 rings (SSSR count). The fourth-order valence-electron chi connectivity index (χ4n) is 4.75. The highest BCUT2D eigenvalue weighted by Gasteiger charge is 2.37. The summed E-state index contributed by atoms with van der Waals surface area (Å²) in [5.74, 6) is -2.36. The molecule has 1 aliphatic heterocycles. The van der Waals surface area contributed by atoms with Crippen LogP contribution in [0.25, 0.3) is 11.3 Å². The van der Waals surface area contributed by atoms with Crippen molar-refractivity contribution in [2.24, 2.45) is 0 Å². The number of hydrogen-bond donors (Lipinski definition) is 2. The second-order valence-electron chi connectivity index (χ2n) is 9.98. The lowest BCUT2D eigenvalue weighted by molar-refractivity contribution is -0.138. The molecule has 1 fully saturated rings. The van der Waals surface area contributed by atoms with E-state index in [-0.39, 0.29) is 38.4 Å². The zero-order valence-electron chi connectivity index (χ0n) is 23.2. The van der Waals surface area contributed by atoms with Crippen molar-refractivity contribution in [2.75, 3.05) is 32.7 Å². The molecule has 1 aliphatic rings. The molecular weight excluding hydrogens is 582 g/mol. The summed E-state index contributed by atoms with van der Waals surface area (Å²) in [5.41, 5.74) is 0.241. The average molecular weight is 610 g/mol. The summed E-state index contributed by atoms with van der Waals surface area (Å²) >= 11 is 0. The van der Waals surface area contributed by atoms with E-state index in [9.17, 15) is 31.9 Å². The van der Waals surface area contributed by atoms with Gasteiger partial charge in [0.2, 0.25) is 5.91 Å². The van der Waals surface area contributed by atoms with Gasteiger partial charge in [-0.15, -0.1) is 0 Å². The van der Waals surface area contributed by atoms with Crippen LogP contribution in [-0.4, -0.2) is 70.4 Å². The molecule has 0 saturated carbocycles. The monoisotopic (exact) mass is 609 g/mol. The van der Waals surface area contributed by atoms with Crippen LogP contribution in [0.4, 0.5) is 17.6 Å². The first-order valence-corrected chi connectivity index (χ1v) is 13.6. The molecule has 4 aromatic rings. The molecule has 0 spiro atoms. The van der Waals surface area contributed by atoms with Crippen LogP contribution in [0.3, 0.4) is 0 Å². The second-order valence-corrected chi connectivity index (χ2v) is 9.98. The fourth-order valence-corrected chi connectivity index (χ4v) is 4.75. The van der Waals surface area contributed by atoms with Crippen molar-refractivity contribution in [2.45, 2.75) is 12.8 Å². The molecule has 44 heavy (non-hydrogen) atoms. The van der Waals surface area contributed by atoms with Crippen molar-refractivity contribution >= 4 is 17.7 Å². The summed E-state index contributed by atoms with van der Waals surface area (Å²) in [6.45, 7) is -0.0419. The van der Waals surface area contributed by atoms with E-state index >= 15 is 0 Å². The summed E-state index contributed by atoms with van der Waals surface area (Å²) in [6, 6.07) is 20.2. The number of benzene rings is 3. The van der Waals surface area contributed by atoms with Crippen molar-refractivity contribution in [1.82, 2.24) is 25.3 Å². The Morgan fingerprint density at radius 3 is 2.30 bits per heavy atom.